The third-order valence-corrected chi connectivity index (χ3v) is 3.75. The minimum absolute atomic E-state index is 0.268. The van der Waals surface area contributed by atoms with Crippen LogP contribution < -0.4 is 5.73 Å². The van der Waals surface area contributed by atoms with E-state index in [1.807, 2.05) is 0 Å². The normalized spacial score (nSPS) is 13.0. The third-order valence-electron chi connectivity index (χ3n) is 3.75. The van der Waals surface area contributed by atoms with Gasteiger partial charge in [-0.25, -0.2) is 4.98 Å². The van der Waals surface area contributed by atoms with Crippen LogP contribution >= 0.6 is 0 Å². The van der Waals surface area contributed by atoms with Crippen molar-refractivity contribution in [1.82, 2.24) is 9.55 Å². The molecule has 1 heterocycles. The van der Waals surface area contributed by atoms with E-state index >= 15 is 0 Å². The van der Waals surface area contributed by atoms with Gasteiger partial charge in [-0.3, -0.25) is 0 Å². The van der Waals surface area contributed by atoms with Gasteiger partial charge >= 0.3 is 0 Å². The Hall–Kier alpha value is -1.39. The SMILES string of the molecule is CCCn1c(CCC(C)OC)nc2cc(CN)ccc21. The largest absolute Gasteiger partial charge is 0.382 e. The number of ether oxygens (including phenoxy) is 1. The second-order valence-electron chi connectivity index (χ2n) is 5.29. The Bertz CT molecular complexity index is 562. The van der Waals surface area contributed by atoms with E-state index in [1.165, 1.54) is 5.52 Å². The summed E-state index contributed by atoms with van der Waals surface area (Å²) >= 11 is 0. The molecule has 0 spiro atoms. The molecule has 0 fully saturated rings. The summed E-state index contributed by atoms with van der Waals surface area (Å²) in [6.07, 6.45) is 3.32. The highest BCUT2D eigenvalue weighted by Gasteiger charge is 2.11. The van der Waals surface area contributed by atoms with Crippen LogP contribution in [0.25, 0.3) is 11.0 Å². The lowest BCUT2D eigenvalue weighted by Crippen LogP contribution is -2.10. The number of benzene rings is 1. The van der Waals surface area contributed by atoms with E-state index in [0.717, 1.165) is 42.7 Å². The number of fused-ring (bicyclic) bond motifs is 1. The topological polar surface area (TPSA) is 53.1 Å². The van der Waals surface area contributed by atoms with Crippen molar-refractivity contribution >= 4 is 11.0 Å². The predicted octanol–water partition coefficient (Wildman–Crippen LogP) is 2.87. The minimum Gasteiger partial charge on any atom is -0.382 e. The van der Waals surface area contributed by atoms with E-state index in [9.17, 15) is 0 Å². The van der Waals surface area contributed by atoms with Gasteiger partial charge < -0.3 is 15.0 Å². The lowest BCUT2D eigenvalue weighted by atomic mass is 10.2. The molecule has 0 aliphatic rings. The van der Waals surface area contributed by atoms with Gasteiger partial charge in [-0.05, 0) is 37.5 Å². The van der Waals surface area contributed by atoms with Crippen molar-refractivity contribution in [3.05, 3.63) is 29.6 Å². The first-order valence-corrected chi connectivity index (χ1v) is 7.40. The van der Waals surface area contributed by atoms with Gasteiger partial charge in [0.2, 0.25) is 0 Å². The summed E-state index contributed by atoms with van der Waals surface area (Å²) in [4.78, 5) is 4.80. The first-order chi connectivity index (χ1) is 9.69. The molecule has 110 valence electrons. The Morgan fingerprint density at radius 2 is 2.20 bits per heavy atom. The molecule has 0 saturated carbocycles. The lowest BCUT2D eigenvalue weighted by molar-refractivity contribution is 0.110. The van der Waals surface area contributed by atoms with Crippen LogP contribution in [0.3, 0.4) is 0 Å². The zero-order chi connectivity index (χ0) is 14.5. The molecule has 4 heteroatoms. The molecule has 0 aliphatic heterocycles. The Labute approximate surface area is 120 Å². The highest BCUT2D eigenvalue weighted by molar-refractivity contribution is 5.77. The molecule has 1 atom stereocenters. The van der Waals surface area contributed by atoms with Crippen molar-refractivity contribution < 1.29 is 4.74 Å². The van der Waals surface area contributed by atoms with Gasteiger partial charge in [0, 0.05) is 26.6 Å². The Kier molecular flexibility index (Phi) is 5.15. The molecule has 4 nitrogen and oxygen atoms in total. The maximum Gasteiger partial charge on any atom is 0.109 e. The number of nitrogens with zero attached hydrogens (tertiary/aromatic N) is 2. The number of imidazole rings is 1. The Morgan fingerprint density at radius 1 is 1.40 bits per heavy atom. The van der Waals surface area contributed by atoms with Gasteiger partial charge in [0.25, 0.3) is 0 Å². The molecule has 0 bridgehead atoms. The van der Waals surface area contributed by atoms with Crippen LogP contribution in [-0.2, 0) is 24.2 Å². The van der Waals surface area contributed by atoms with E-state index in [4.69, 9.17) is 15.5 Å². The molecule has 2 N–H and O–H groups in total. The molecule has 0 radical (unpaired) electrons. The zero-order valence-electron chi connectivity index (χ0n) is 12.7. The second-order valence-corrected chi connectivity index (χ2v) is 5.29. The van der Waals surface area contributed by atoms with Crippen molar-refractivity contribution in [3.63, 3.8) is 0 Å². The predicted molar refractivity (Wildman–Crippen MR) is 82.7 cm³/mol. The van der Waals surface area contributed by atoms with E-state index in [0.29, 0.717) is 6.54 Å². The van der Waals surface area contributed by atoms with Crippen LogP contribution in [0.2, 0.25) is 0 Å². The summed E-state index contributed by atoms with van der Waals surface area (Å²) in [5, 5.41) is 0. The molecule has 2 rings (SSSR count). The number of aryl methyl sites for hydroxylation is 2. The maximum atomic E-state index is 5.71. The van der Waals surface area contributed by atoms with Gasteiger partial charge in [-0.2, -0.15) is 0 Å². The fourth-order valence-electron chi connectivity index (χ4n) is 2.47. The number of methoxy groups -OCH3 is 1. The molecule has 0 saturated heterocycles. The van der Waals surface area contributed by atoms with E-state index in [1.54, 1.807) is 7.11 Å². The average Bonchev–Trinajstić information content (AvgIpc) is 2.82. The quantitative estimate of drug-likeness (QED) is 0.845. The van der Waals surface area contributed by atoms with Crippen molar-refractivity contribution in [2.75, 3.05) is 7.11 Å². The number of hydrogen-bond donors (Lipinski definition) is 1. The van der Waals surface area contributed by atoms with Crippen LogP contribution in [0.1, 0.15) is 38.1 Å². The van der Waals surface area contributed by atoms with Gasteiger partial charge in [0.05, 0.1) is 17.1 Å². The number of rotatable bonds is 7. The van der Waals surface area contributed by atoms with E-state index < -0.39 is 0 Å². The van der Waals surface area contributed by atoms with E-state index in [2.05, 4.69) is 36.6 Å². The van der Waals surface area contributed by atoms with Gasteiger partial charge in [-0.1, -0.05) is 13.0 Å². The van der Waals surface area contributed by atoms with Crippen molar-refractivity contribution in [1.29, 1.82) is 0 Å². The van der Waals surface area contributed by atoms with Crippen LogP contribution in [0.15, 0.2) is 18.2 Å². The highest BCUT2D eigenvalue weighted by Crippen LogP contribution is 2.20. The van der Waals surface area contributed by atoms with Crippen molar-refractivity contribution in [3.8, 4) is 0 Å². The van der Waals surface area contributed by atoms with Crippen LogP contribution in [0, 0.1) is 0 Å². The smallest absolute Gasteiger partial charge is 0.109 e. The molecule has 0 amide bonds. The van der Waals surface area contributed by atoms with Crippen LogP contribution in [0.5, 0.6) is 0 Å². The third kappa shape index (κ3) is 3.19. The van der Waals surface area contributed by atoms with Crippen LogP contribution in [0.4, 0.5) is 0 Å². The monoisotopic (exact) mass is 275 g/mol. The summed E-state index contributed by atoms with van der Waals surface area (Å²) in [6, 6.07) is 6.34. The minimum atomic E-state index is 0.268. The fraction of sp³-hybridized carbons (Fsp3) is 0.562. The standard InChI is InChI=1S/C16H25N3O/c1-4-9-19-15-7-6-13(11-17)10-14(15)18-16(19)8-5-12(2)20-3/h6-7,10,12H,4-5,8-9,11,17H2,1-3H3. The first-order valence-electron chi connectivity index (χ1n) is 7.40. The Balaban J connectivity index is 2.33. The molecule has 20 heavy (non-hydrogen) atoms. The number of aromatic nitrogens is 2. The van der Waals surface area contributed by atoms with Gasteiger partial charge in [0.1, 0.15) is 5.82 Å². The summed E-state index contributed by atoms with van der Waals surface area (Å²) in [5.41, 5.74) is 9.11. The summed E-state index contributed by atoms with van der Waals surface area (Å²) in [6.45, 7) is 5.86. The van der Waals surface area contributed by atoms with Gasteiger partial charge in [0.15, 0.2) is 0 Å². The molecule has 1 unspecified atom stereocenters. The number of nitrogens with two attached hydrogens (primary N) is 1. The van der Waals surface area contributed by atoms with E-state index in [-0.39, 0.29) is 6.10 Å². The molecule has 1 aromatic carbocycles. The van der Waals surface area contributed by atoms with Crippen molar-refractivity contribution in [2.24, 2.45) is 5.73 Å². The molecule has 1 aromatic heterocycles. The average molecular weight is 275 g/mol. The fourth-order valence-corrected chi connectivity index (χ4v) is 2.47. The van der Waals surface area contributed by atoms with Crippen LogP contribution in [-0.4, -0.2) is 22.8 Å². The highest BCUT2D eigenvalue weighted by atomic mass is 16.5. The summed E-state index contributed by atoms with van der Waals surface area (Å²) in [7, 11) is 1.76. The summed E-state index contributed by atoms with van der Waals surface area (Å²) < 4.78 is 7.66. The molecule has 2 aromatic rings. The van der Waals surface area contributed by atoms with Crippen molar-refractivity contribution in [2.45, 2.75) is 52.3 Å². The molecular formula is C16H25N3O. The summed E-state index contributed by atoms with van der Waals surface area (Å²) in [5.74, 6) is 1.15. The molecular weight excluding hydrogens is 250 g/mol. The zero-order valence-corrected chi connectivity index (χ0v) is 12.7. The second kappa shape index (κ2) is 6.86. The maximum absolute atomic E-state index is 5.71. The molecule has 0 aliphatic carbocycles. The van der Waals surface area contributed by atoms with Gasteiger partial charge in [-0.15, -0.1) is 0 Å². The first kappa shape index (κ1) is 15.0. The number of hydrogen-bond acceptors (Lipinski definition) is 3. The Morgan fingerprint density at radius 3 is 2.85 bits per heavy atom. The lowest BCUT2D eigenvalue weighted by Gasteiger charge is -2.11.